The van der Waals surface area contributed by atoms with E-state index < -0.39 is 17.6 Å². The summed E-state index contributed by atoms with van der Waals surface area (Å²) >= 11 is 0. The smallest absolute Gasteiger partial charge is 0.405 e. The van der Waals surface area contributed by atoms with Gasteiger partial charge in [-0.2, -0.15) is 0 Å². The summed E-state index contributed by atoms with van der Waals surface area (Å²) in [6.07, 6.45) is 4.86. The number of aromatic nitrogens is 1. The van der Waals surface area contributed by atoms with Crippen molar-refractivity contribution >= 4 is 12.2 Å². The molecule has 7 heteroatoms. The van der Waals surface area contributed by atoms with Gasteiger partial charge in [-0.25, -0.2) is 18.0 Å². The van der Waals surface area contributed by atoms with Crippen LogP contribution in [0.1, 0.15) is 38.3 Å². The highest BCUT2D eigenvalue weighted by atomic mass is 19.3. The maximum atomic E-state index is 14.0. The van der Waals surface area contributed by atoms with E-state index in [9.17, 15) is 18.0 Å². The van der Waals surface area contributed by atoms with Gasteiger partial charge in [-0.05, 0) is 61.4 Å². The van der Waals surface area contributed by atoms with Crippen LogP contribution in [0.5, 0.6) is 0 Å². The summed E-state index contributed by atoms with van der Waals surface area (Å²) in [5.74, 6) is -3.46. The van der Waals surface area contributed by atoms with Gasteiger partial charge in [-0.3, -0.25) is 4.98 Å². The highest BCUT2D eigenvalue weighted by Crippen LogP contribution is 2.56. The van der Waals surface area contributed by atoms with Gasteiger partial charge < -0.3 is 10.5 Å². The second kappa shape index (κ2) is 8.02. The van der Waals surface area contributed by atoms with Crippen LogP contribution in [0.25, 0.3) is 17.2 Å². The Morgan fingerprint density at radius 2 is 2.03 bits per heavy atom. The molecule has 2 aliphatic carbocycles. The number of carbonyl (C=O) groups excluding carboxylic acids is 1. The molecule has 0 saturated heterocycles. The Kier molecular flexibility index (Phi) is 5.54. The lowest BCUT2D eigenvalue weighted by Gasteiger charge is -2.34. The number of hydrogen-bond donors (Lipinski definition) is 1. The number of carbonyl (C=O) groups is 1. The minimum atomic E-state index is -2.68. The number of nitrogens with zero attached hydrogens (tertiary/aromatic N) is 1. The van der Waals surface area contributed by atoms with Gasteiger partial charge in [0.15, 0.2) is 0 Å². The molecule has 4 nitrogen and oxygen atoms in total. The number of pyridine rings is 1. The maximum Gasteiger partial charge on any atom is 0.405 e. The molecule has 31 heavy (non-hydrogen) atoms. The molecule has 0 radical (unpaired) electrons. The summed E-state index contributed by atoms with van der Waals surface area (Å²) in [4.78, 5) is 15.9. The summed E-state index contributed by atoms with van der Waals surface area (Å²) in [5, 5.41) is 0. The van der Waals surface area contributed by atoms with Gasteiger partial charge in [0, 0.05) is 30.5 Å². The Bertz CT molecular complexity index is 993. The third kappa shape index (κ3) is 4.60. The number of nitrogens with two attached hydrogens (primary N) is 1. The van der Waals surface area contributed by atoms with Crippen LogP contribution in [0.3, 0.4) is 0 Å². The molecule has 2 aromatic rings. The first-order valence-corrected chi connectivity index (χ1v) is 10.4. The van der Waals surface area contributed by atoms with Crippen LogP contribution in [-0.2, 0) is 4.74 Å². The van der Waals surface area contributed by atoms with Gasteiger partial charge >= 0.3 is 6.09 Å². The standard InChI is InChI=1S/C24H25F3N2O2/c1-23(31-22(28)30)12-17-13-24(26,27)10-9-20(17)21(23)8-7-19-6-5-16(14-29-19)15-3-2-4-18(25)11-15/h2-8,11,14,17,20-21H,9-10,12-13H2,1H3,(H2,28,30)/b8-7+/t17-,20-,21+,23?/m1/s1. The molecule has 1 unspecified atom stereocenters. The van der Waals surface area contributed by atoms with Gasteiger partial charge in [0.25, 0.3) is 0 Å². The van der Waals surface area contributed by atoms with Crippen molar-refractivity contribution in [1.29, 1.82) is 0 Å². The quantitative estimate of drug-likeness (QED) is 0.664. The summed E-state index contributed by atoms with van der Waals surface area (Å²) in [6, 6.07) is 9.93. The number of halogens is 3. The Hall–Kier alpha value is -2.83. The Balaban J connectivity index is 1.56. The Labute approximate surface area is 179 Å². The van der Waals surface area contributed by atoms with E-state index in [1.807, 2.05) is 24.3 Å². The first-order valence-electron chi connectivity index (χ1n) is 10.4. The average Bonchev–Trinajstić information content (AvgIpc) is 2.95. The minimum absolute atomic E-state index is 0.00760. The molecule has 2 N–H and O–H groups in total. The first-order chi connectivity index (χ1) is 14.7. The zero-order valence-corrected chi connectivity index (χ0v) is 17.2. The predicted octanol–water partition coefficient (Wildman–Crippen LogP) is 5.83. The third-order valence-electron chi connectivity index (χ3n) is 6.60. The van der Waals surface area contributed by atoms with E-state index in [1.54, 1.807) is 25.3 Å². The fraction of sp³-hybridized carbons (Fsp3) is 0.417. The molecule has 1 aromatic carbocycles. The second-order valence-electron chi connectivity index (χ2n) is 8.83. The van der Waals surface area contributed by atoms with Crippen molar-refractivity contribution in [3.05, 3.63) is 60.2 Å². The van der Waals surface area contributed by atoms with Crippen LogP contribution in [0.4, 0.5) is 18.0 Å². The number of primary amides is 1. The topological polar surface area (TPSA) is 65.2 Å². The number of amides is 1. The number of fused-ring (bicyclic) bond motifs is 1. The largest absolute Gasteiger partial charge is 0.443 e. The van der Waals surface area contributed by atoms with Crippen LogP contribution in [-0.4, -0.2) is 22.6 Å². The fourth-order valence-electron chi connectivity index (χ4n) is 5.29. The van der Waals surface area contributed by atoms with Gasteiger partial charge in [0.2, 0.25) is 5.92 Å². The fourth-order valence-corrected chi connectivity index (χ4v) is 5.29. The van der Waals surface area contributed by atoms with E-state index >= 15 is 0 Å². The predicted molar refractivity (Wildman–Crippen MR) is 112 cm³/mol. The van der Waals surface area contributed by atoms with Crippen molar-refractivity contribution in [2.24, 2.45) is 23.5 Å². The monoisotopic (exact) mass is 430 g/mol. The lowest BCUT2D eigenvalue weighted by atomic mass is 9.75. The molecule has 0 spiro atoms. The van der Waals surface area contributed by atoms with Crippen molar-refractivity contribution in [1.82, 2.24) is 4.98 Å². The van der Waals surface area contributed by atoms with E-state index in [0.29, 0.717) is 18.5 Å². The SMILES string of the molecule is CC1(OC(N)=O)C[C@@H]2CC(F)(F)CC[C@H]2[C@@H]1/C=C/c1ccc(-c2cccc(F)c2)cn1. The van der Waals surface area contributed by atoms with E-state index in [1.165, 1.54) is 12.1 Å². The van der Waals surface area contributed by atoms with Crippen LogP contribution in [0.2, 0.25) is 0 Å². The highest BCUT2D eigenvalue weighted by Gasteiger charge is 2.56. The van der Waals surface area contributed by atoms with E-state index in [-0.39, 0.29) is 36.4 Å². The number of benzene rings is 1. The minimum Gasteiger partial charge on any atom is -0.443 e. The van der Waals surface area contributed by atoms with Crippen molar-refractivity contribution in [3.63, 3.8) is 0 Å². The number of hydrogen-bond acceptors (Lipinski definition) is 3. The number of ether oxygens (including phenoxy) is 1. The zero-order chi connectivity index (χ0) is 22.2. The lowest BCUT2D eigenvalue weighted by Crippen LogP contribution is -2.38. The molecular formula is C24H25F3N2O2. The van der Waals surface area contributed by atoms with Gasteiger partial charge in [0.05, 0.1) is 5.69 Å². The number of rotatable bonds is 4. The molecular weight excluding hydrogens is 405 g/mol. The van der Waals surface area contributed by atoms with Gasteiger partial charge in [0.1, 0.15) is 11.4 Å². The van der Waals surface area contributed by atoms with E-state index in [0.717, 1.165) is 11.1 Å². The highest BCUT2D eigenvalue weighted by molar-refractivity contribution is 5.65. The number of alkyl halides is 2. The molecule has 1 amide bonds. The Morgan fingerprint density at radius 1 is 1.23 bits per heavy atom. The van der Waals surface area contributed by atoms with Crippen molar-refractivity contribution in [3.8, 4) is 11.1 Å². The molecule has 2 saturated carbocycles. The summed E-state index contributed by atoms with van der Waals surface area (Å²) in [6.45, 7) is 1.77. The summed E-state index contributed by atoms with van der Waals surface area (Å²) < 4.78 is 46.8. The summed E-state index contributed by atoms with van der Waals surface area (Å²) in [7, 11) is 0. The van der Waals surface area contributed by atoms with Crippen molar-refractivity contribution in [2.75, 3.05) is 0 Å². The molecule has 2 aliphatic rings. The third-order valence-corrected chi connectivity index (χ3v) is 6.60. The summed E-state index contributed by atoms with van der Waals surface area (Å²) in [5.41, 5.74) is 6.54. The van der Waals surface area contributed by atoms with Crippen LogP contribution in [0.15, 0.2) is 48.7 Å². The van der Waals surface area contributed by atoms with Gasteiger partial charge in [-0.1, -0.05) is 24.3 Å². The molecule has 1 heterocycles. The Morgan fingerprint density at radius 3 is 2.71 bits per heavy atom. The van der Waals surface area contributed by atoms with Crippen LogP contribution < -0.4 is 5.73 Å². The van der Waals surface area contributed by atoms with Crippen molar-refractivity contribution < 1.29 is 22.7 Å². The molecule has 2 fully saturated rings. The van der Waals surface area contributed by atoms with E-state index in [2.05, 4.69) is 4.98 Å². The first kappa shape index (κ1) is 21.4. The molecule has 4 rings (SSSR count). The molecule has 164 valence electrons. The zero-order valence-electron chi connectivity index (χ0n) is 17.2. The second-order valence-corrected chi connectivity index (χ2v) is 8.83. The molecule has 0 bridgehead atoms. The van der Waals surface area contributed by atoms with Crippen LogP contribution in [0, 0.1) is 23.6 Å². The van der Waals surface area contributed by atoms with Gasteiger partial charge in [-0.15, -0.1) is 0 Å². The normalized spacial score (nSPS) is 29.6. The van der Waals surface area contributed by atoms with Crippen LogP contribution >= 0.6 is 0 Å². The lowest BCUT2D eigenvalue weighted by molar-refractivity contribution is -0.0659. The molecule has 1 aromatic heterocycles. The average molecular weight is 430 g/mol. The molecule has 4 atom stereocenters. The van der Waals surface area contributed by atoms with Crippen molar-refractivity contribution in [2.45, 2.75) is 44.1 Å². The van der Waals surface area contributed by atoms with E-state index in [4.69, 9.17) is 10.5 Å². The molecule has 0 aliphatic heterocycles. The maximum absolute atomic E-state index is 14.0.